The van der Waals surface area contributed by atoms with Crippen LogP contribution in [-0.4, -0.2) is 25.7 Å². The van der Waals surface area contributed by atoms with E-state index in [1.165, 1.54) is 6.42 Å². The van der Waals surface area contributed by atoms with Gasteiger partial charge in [0.15, 0.2) is 11.5 Å². The Kier molecular flexibility index (Phi) is 8.23. The molecule has 0 unspecified atom stereocenters. The molecule has 6 heteroatoms. The van der Waals surface area contributed by atoms with Crippen molar-refractivity contribution in [3.05, 3.63) is 26.8 Å². The molecule has 1 saturated carbocycles. The van der Waals surface area contributed by atoms with Crippen molar-refractivity contribution in [1.29, 1.82) is 5.26 Å². The summed E-state index contributed by atoms with van der Waals surface area (Å²) in [6.45, 7) is 2.65. The second kappa shape index (κ2) is 10.4. The SMILES string of the molecule is CCCOc1c(I)cc(C=C(C#N)C(=O)NC2CCCCC2)cc1OC. The molecule has 1 aliphatic rings. The number of nitrogens with one attached hydrogen (secondary N) is 1. The molecule has 1 amide bonds. The van der Waals surface area contributed by atoms with E-state index in [1.54, 1.807) is 19.3 Å². The van der Waals surface area contributed by atoms with Crippen molar-refractivity contribution in [3.63, 3.8) is 0 Å². The number of rotatable bonds is 7. The molecule has 0 spiro atoms. The molecule has 2 rings (SSSR count). The van der Waals surface area contributed by atoms with Crippen molar-refractivity contribution in [1.82, 2.24) is 5.32 Å². The number of amides is 1. The molecule has 5 nitrogen and oxygen atoms in total. The minimum absolute atomic E-state index is 0.107. The predicted molar refractivity (Wildman–Crippen MR) is 110 cm³/mol. The lowest BCUT2D eigenvalue weighted by atomic mass is 9.95. The standard InChI is InChI=1S/C20H25IN2O3/c1-3-9-26-19-17(21)11-14(12-18(19)25-2)10-15(13-22)20(24)23-16-7-5-4-6-8-16/h10-12,16H,3-9H2,1-2H3,(H,23,24). The fourth-order valence-electron chi connectivity index (χ4n) is 2.99. The number of hydrogen-bond donors (Lipinski definition) is 1. The Morgan fingerprint density at radius 1 is 1.38 bits per heavy atom. The number of nitrogens with zero attached hydrogens (tertiary/aromatic N) is 1. The number of carbonyl (C=O) groups is 1. The molecule has 0 aromatic heterocycles. The Bertz CT molecular complexity index is 704. The lowest BCUT2D eigenvalue weighted by Gasteiger charge is -2.22. The summed E-state index contributed by atoms with van der Waals surface area (Å²) < 4.78 is 12.0. The number of ether oxygens (including phenoxy) is 2. The first-order valence-electron chi connectivity index (χ1n) is 9.02. The fraction of sp³-hybridized carbons (Fsp3) is 0.500. The summed E-state index contributed by atoms with van der Waals surface area (Å²) in [6.07, 6.45) is 7.96. The molecule has 0 bridgehead atoms. The number of nitriles is 1. The van der Waals surface area contributed by atoms with E-state index in [4.69, 9.17) is 9.47 Å². The van der Waals surface area contributed by atoms with Crippen LogP contribution in [0, 0.1) is 14.9 Å². The molecule has 0 aliphatic heterocycles. The fourth-order valence-corrected chi connectivity index (χ4v) is 3.77. The lowest BCUT2D eigenvalue weighted by molar-refractivity contribution is -0.117. The molecule has 0 saturated heterocycles. The maximum atomic E-state index is 12.4. The van der Waals surface area contributed by atoms with Gasteiger partial charge >= 0.3 is 0 Å². The van der Waals surface area contributed by atoms with Crippen LogP contribution in [-0.2, 0) is 4.79 Å². The van der Waals surface area contributed by atoms with Crippen LogP contribution in [0.4, 0.5) is 0 Å². The van der Waals surface area contributed by atoms with Crippen LogP contribution in [0.5, 0.6) is 11.5 Å². The smallest absolute Gasteiger partial charge is 0.262 e. The van der Waals surface area contributed by atoms with Crippen LogP contribution in [0.15, 0.2) is 17.7 Å². The minimum Gasteiger partial charge on any atom is -0.493 e. The highest BCUT2D eigenvalue weighted by Gasteiger charge is 2.18. The third-order valence-electron chi connectivity index (χ3n) is 4.32. The van der Waals surface area contributed by atoms with Gasteiger partial charge in [-0.25, -0.2) is 0 Å². The zero-order valence-corrected chi connectivity index (χ0v) is 17.5. The van der Waals surface area contributed by atoms with Gasteiger partial charge in [0.1, 0.15) is 11.6 Å². The molecule has 1 aromatic carbocycles. The van der Waals surface area contributed by atoms with Gasteiger partial charge in [0, 0.05) is 6.04 Å². The van der Waals surface area contributed by atoms with E-state index in [0.717, 1.165) is 41.2 Å². The van der Waals surface area contributed by atoms with Crippen molar-refractivity contribution >= 4 is 34.6 Å². The van der Waals surface area contributed by atoms with Crippen LogP contribution in [0.25, 0.3) is 6.08 Å². The van der Waals surface area contributed by atoms with Gasteiger partial charge in [-0.2, -0.15) is 5.26 Å². The maximum Gasteiger partial charge on any atom is 0.262 e. The van der Waals surface area contributed by atoms with Crippen molar-refractivity contribution < 1.29 is 14.3 Å². The first-order chi connectivity index (χ1) is 12.6. The molecule has 1 fully saturated rings. The number of hydrogen-bond acceptors (Lipinski definition) is 4. The van der Waals surface area contributed by atoms with E-state index in [9.17, 15) is 10.1 Å². The summed E-state index contributed by atoms with van der Waals surface area (Å²) in [5.74, 6) is 0.985. The first kappa shape index (κ1) is 20.6. The summed E-state index contributed by atoms with van der Waals surface area (Å²) in [6, 6.07) is 5.87. The highest BCUT2D eigenvalue weighted by molar-refractivity contribution is 14.1. The average molecular weight is 468 g/mol. The van der Waals surface area contributed by atoms with E-state index < -0.39 is 0 Å². The molecular weight excluding hydrogens is 443 g/mol. The van der Waals surface area contributed by atoms with E-state index >= 15 is 0 Å². The molecule has 1 aromatic rings. The van der Waals surface area contributed by atoms with Crippen LogP contribution in [0.3, 0.4) is 0 Å². The molecule has 0 radical (unpaired) electrons. The van der Waals surface area contributed by atoms with Gasteiger partial charge in [-0.05, 0) is 65.6 Å². The predicted octanol–water partition coefficient (Wildman–Crippen LogP) is 4.44. The zero-order chi connectivity index (χ0) is 18.9. The highest BCUT2D eigenvalue weighted by Crippen LogP contribution is 2.34. The quantitative estimate of drug-likeness (QED) is 0.365. The van der Waals surface area contributed by atoms with E-state index in [0.29, 0.717) is 18.1 Å². The second-order valence-electron chi connectivity index (χ2n) is 6.36. The summed E-state index contributed by atoms with van der Waals surface area (Å²) in [7, 11) is 1.58. The van der Waals surface area contributed by atoms with Crippen molar-refractivity contribution in [2.24, 2.45) is 0 Å². The number of halogens is 1. The zero-order valence-electron chi connectivity index (χ0n) is 15.3. The molecule has 0 heterocycles. The van der Waals surface area contributed by atoms with E-state index in [2.05, 4.69) is 27.9 Å². The third kappa shape index (κ3) is 5.63. The Labute approximate surface area is 168 Å². The van der Waals surface area contributed by atoms with Crippen LogP contribution in [0.1, 0.15) is 51.0 Å². The monoisotopic (exact) mass is 468 g/mol. The van der Waals surface area contributed by atoms with Crippen LogP contribution < -0.4 is 14.8 Å². The molecule has 0 atom stereocenters. The van der Waals surface area contributed by atoms with Crippen molar-refractivity contribution in [3.8, 4) is 17.6 Å². The van der Waals surface area contributed by atoms with Gasteiger partial charge in [-0.3, -0.25) is 4.79 Å². The normalized spacial score (nSPS) is 15.2. The molecule has 26 heavy (non-hydrogen) atoms. The summed E-state index contributed by atoms with van der Waals surface area (Å²) >= 11 is 2.18. The summed E-state index contributed by atoms with van der Waals surface area (Å²) in [5, 5.41) is 12.4. The lowest BCUT2D eigenvalue weighted by Crippen LogP contribution is -2.36. The van der Waals surface area contributed by atoms with Gasteiger partial charge in [0.25, 0.3) is 5.91 Å². The van der Waals surface area contributed by atoms with Gasteiger partial charge in [-0.1, -0.05) is 26.2 Å². The van der Waals surface area contributed by atoms with Gasteiger partial charge in [0.05, 0.1) is 17.3 Å². The second-order valence-corrected chi connectivity index (χ2v) is 7.52. The number of carbonyl (C=O) groups excluding carboxylic acids is 1. The van der Waals surface area contributed by atoms with Crippen LogP contribution >= 0.6 is 22.6 Å². The molecular formula is C20H25IN2O3. The largest absolute Gasteiger partial charge is 0.493 e. The van der Waals surface area contributed by atoms with Gasteiger partial charge < -0.3 is 14.8 Å². The van der Waals surface area contributed by atoms with Crippen molar-refractivity contribution in [2.45, 2.75) is 51.5 Å². The Hall–Kier alpha value is -1.75. The maximum absolute atomic E-state index is 12.4. The topological polar surface area (TPSA) is 71.3 Å². The summed E-state index contributed by atoms with van der Waals surface area (Å²) in [5.41, 5.74) is 0.848. The molecule has 1 aliphatic carbocycles. The van der Waals surface area contributed by atoms with Gasteiger partial charge in [-0.15, -0.1) is 0 Å². The van der Waals surface area contributed by atoms with Crippen molar-refractivity contribution in [2.75, 3.05) is 13.7 Å². The Balaban J connectivity index is 2.20. The van der Waals surface area contributed by atoms with Gasteiger partial charge in [0.2, 0.25) is 0 Å². The molecule has 140 valence electrons. The number of benzene rings is 1. The highest BCUT2D eigenvalue weighted by atomic mass is 127. The molecule has 1 N–H and O–H groups in total. The Morgan fingerprint density at radius 2 is 2.12 bits per heavy atom. The van der Waals surface area contributed by atoms with E-state index in [1.807, 2.05) is 19.1 Å². The third-order valence-corrected chi connectivity index (χ3v) is 5.12. The average Bonchev–Trinajstić information content (AvgIpc) is 2.65. The Morgan fingerprint density at radius 3 is 2.73 bits per heavy atom. The van der Waals surface area contributed by atoms with Crippen LogP contribution in [0.2, 0.25) is 0 Å². The van der Waals surface area contributed by atoms with E-state index in [-0.39, 0.29) is 17.5 Å². The number of methoxy groups -OCH3 is 1. The first-order valence-corrected chi connectivity index (χ1v) is 10.1. The minimum atomic E-state index is -0.306. The summed E-state index contributed by atoms with van der Waals surface area (Å²) in [4.78, 5) is 12.4.